The summed E-state index contributed by atoms with van der Waals surface area (Å²) >= 11 is 0. The molecule has 0 saturated heterocycles. The van der Waals surface area contributed by atoms with E-state index in [-0.39, 0.29) is 0 Å². The normalized spacial score (nSPS) is 25.5. The van der Waals surface area contributed by atoms with Gasteiger partial charge in [-0.15, -0.1) is 0 Å². The minimum atomic E-state index is 0.783. The van der Waals surface area contributed by atoms with Crippen molar-refractivity contribution in [3.63, 3.8) is 0 Å². The fourth-order valence-corrected chi connectivity index (χ4v) is 5.61. The molecular formula is C28H58. The van der Waals surface area contributed by atoms with Crippen molar-refractivity contribution in [3.05, 3.63) is 0 Å². The van der Waals surface area contributed by atoms with Gasteiger partial charge in [0.15, 0.2) is 0 Å². The molecule has 0 aromatic heterocycles. The molecule has 0 aromatic carbocycles. The Morgan fingerprint density at radius 2 is 0.429 bits per heavy atom. The zero-order chi connectivity index (χ0) is 22.3. The summed E-state index contributed by atoms with van der Waals surface area (Å²) in [6.45, 7) is 34.8. The maximum atomic E-state index is 2.54. The Morgan fingerprint density at radius 1 is 0.286 bits per heavy atom. The summed E-state index contributed by atoms with van der Waals surface area (Å²) in [7, 11) is 0. The van der Waals surface area contributed by atoms with E-state index < -0.39 is 0 Å². The van der Waals surface area contributed by atoms with Gasteiger partial charge in [0.05, 0.1) is 0 Å². The van der Waals surface area contributed by atoms with Crippen LogP contribution in [0.15, 0.2) is 0 Å². The molecule has 0 spiro atoms. The fraction of sp³-hybridized carbons (Fsp3) is 1.00. The second-order valence-electron chi connectivity index (χ2n) is 11.4. The Balaban J connectivity index is 5.08. The van der Waals surface area contributed by atoms with Crippen molar-refractivity contribution in [1.82, 2.24) is 0 Å². The van der Waals surface area contributed by atoms with Gasteiger partial charge in [0.1, 0.15) is 0 Å². The third kappa shape index (κ3) is 7.05. The van der Waals surface area contributed by atoms with Crippen LogP contribution in [0, 0.1) is 71.0 Å². The number of hydrogen-bond donors (Lipinski definition) is 0. The number of hydrogen-bond acceptors (Lipinski definition) is 0. The van der Waals surface area contributed by atoms with Crippen LogP contribution in [-0.2, 0) is 0 Å². The SMILES string of the molecule is CCC(C)C(C)C(C)C(C)C(C)C(C)C(C)C(C)C(C)C(C)C(C)C(C)CC. The molecule has 170 valence electrons. The smallest absolute Gasteiger partial charge is 0.0386 e. The van der Waals surface area contributed by atoms with Crippen LogP contribution in [0.5, 0.6) is 0 Å². The first-order valence-corrected chi connectivity index (χ1v) is 12.8. The third-order valence-corrected chi connectivity index (χ3v) is 10.5. The third-order valence-electron chi connectivity index (χ3n) is 10.5. The second kappa shape index (κ2) is 12.6. The van der Waals surface area contributed by atoms with Crippen molar-refractivity contribution in [2.75, 3.05) is 0 Å². The van der Waals surface area contributed by atoms with E-state index >= 15 is 0 Å². The van der Waals surface area contributed by atoms with Gasteiger partial charge in [0.2, 0.25) is 0 Å². The predicted octanol–water partition coefficient (Wildman–Crippen LogP) is 9.44. The first-order valence-electron chi connectivity index (χ1n) is 12.8. The van der Waals surface area contributed by atoms with E-state index in [4.69, 9.17) is 0 Å². The van der Waals surface area contributed by atoms with Gasteiger partial charge < -0.3 is 0 Å². The Hall–Kier alpha value is 0. The molecule has 28 heavy (non-hydrogen) atoms. The quantitative estimate of drug-likeness (QED) is 0.292. The average Bonchev–Trinajstić information content (AvgIpc) is 2.72. The summed E-state index contributed by atoms with van der Waals surface area (Å²) in [5, 5.41) is 0. The van der Waals surface area contributed by atoms with Gasteiger partial charge in [-0.1, -0.05) is 110 Å². The molecule has 0 saturated carbocycles. The van der Waals surface area contributed by atoms with Gasteiger partial charge in [-0.25, -0.2) is 0 Å². The van der Waals surface area contributed by atoms with Gasteiger partial charge in [-0.3, -0.25) is 0 Å². The van der Waals surface area contributed by atoms with E-state index in [1.807, 2.05) is 0 Å². The van der Waals surface area contributed by atoms with E-state index in [0.717, 1.165) is 71.0 Å². The van der Waals surface area contributed by atoms with Crippen molar-refractivity contribution in [3.8, 4) is 0 Å². The van der Waals surface area contributed by atoms with Gasteiger partial charge in [0.25, 0.3) is 0 Å². The maximum absolute atomic E-state index is 2.54. The molecule has 0 heterocycles. The Bertz CT molecular complexity index is 361. The molecule has 12 unspecified atom stereocenters. The van der Waals surface area contributed by atoms with Gasteiger partial charge >= 0.3 is 0 Å². The van der Waals surface area contributed by atoms with Crippen molar-refractivity contribution in [2.24, 2.45) is 71.0 Å². The molecule has 0 fully saturated rings. The molecule has 0 aliphatic carbocycles. The van der Waals surface area contributed by atoms with E-state index in [9.17, 15) is 0 Å². The second-order valence-corrected chi connectivity index (χ2v) is 11.4. The van der Waals surface area contributed by atoms with E-state index in [0.29, 0.717) is 0 Å². The topological polar surface area (TPSA) is 0 Å². The van der Waals surface area contributed by atoms with Crippen LogP contribution < -0.4 is 0 Å². The molecule has 0 aliphatic heterocycles. The van der Waals surface area contributed by atoms with Crippen LogP contribution >= 0.6 is 0 Å². The monoisotopic (exact) mass is 394 g/mol. The van der Waals surface area contributed by atoms with Crippen LogP contribution in [0.25, 0.3) is 0 Å². The summed E-state index contributed by atoms with van der Waals surface area (Å²) in [6.07, 6.45) is 2.61. The molecule has 0 heteroatoms. The molecule has 12 atom stereocenters. The number of rotatable bonds is 13. The average molecular weight is 395 g/mol. The van der Waals surface area contributed by atoms with Gasteiger partial charge in [-0.2, -0.15) is 0 Å². The van der Waals surface area contributed by atoms with Crippen molar-refractivity contribution in [2.45, 2.75) is 110 Å². The molecule has 0 bridgehead atoms. The summed E-state index contributed by atoms with van der Waals surface area (Å²) < 4.78 is 0. The van der Waals surface area contributed by atoms with Crippen LogP contribution in [-0.4, -0.2) is 0 Å². The minimum Gasteiger partial charge on any atom is -0.0651 e. The Kier molecular flexibility index (Phi) is 12.6. The molecule has 0 aliphatic rings. The van der Waals surface area contributed by atoms with Crippen molar-refractivity contribution in [1.29, 1.82) is 0 Å². The van der Waals surface area contributed by atoms with Crippen molar-refractivity contribution < 1.29 is 0 Å². The largest absolute Gasteiger partial charge is 0.0651 e. The highest BCUT2D eigenvalue weighted by molar-refractivity contribution is 4.84. The lowest BCUT2D eigenvalue weighted by Crippen LogP contribution is -2.35. The summed E-state index contributed by atoms with van der Waals surface area (Å²) in [6, 6.07) is 0. The van der Waals surface area contributed by atoms with Crippen LogP contribution in [0.1, 0.15) is 110 Å². The lowest BCUT2D eigenvalue weighted by Gasteiger charge is -2.42. The lowest BCUT2D eigenvalue weighted by molar-refractivity contribution is 0.0683. The zero-order valence-corrected chi connectivity index (χ0v) is 22.3. The predicted molar refractivity (Wildman–Crippen MR) is 131 cm³/mol. The highest BCUT2D eigenvalue weighted by atomic mass is 14.4. The summed E-state index contributed by atoms with van der Waals surface area (Å²) in [5.74, 6) is 9.63. The molecule has 0 aromatic rings. The van der Waals surface area contributed by atoms with Gasteiger partial charge in [-0.05, 0) is 71.0 Å². The molecule has 0 nitrogen and oxygen atoms in total. The standard InChI is InChI=1S/C28H58/c1-15-17(3)19(5)21(7)23(9)25(11)27(13)28(14)26(12)24(10)22(8)20(6)18(4)16-2/h17-28H,15-16H2,1-14H3. The Labute approximate surface area is 181 Å². The highest BCUT2D eigenvalue weighted by Crippen LogP contribution is 2.42. The maximum Gasteiger partial charge on any atom is -0.0386 e. The molecule has 0 rings (SSSR count). The van der Waals surface area contributed by atoms with Crippen LogP contribution in [0.4, 0.5) is 0 Å². The Morgan fingerprint density at radius 3 is 0.571 bits per heavy atom. The van der Waals surface area contributed by atoms with E-state index in [1.54, 1.807) is 0 Å². The first kappa shape index (κ1) is 28.0. The fourth-order valence-electron chi connectivity index (χ4n) is 5.61. The minimum absolute atomic E-state index is 0.783. The van der Waals surface area contributed by atoms with Crippen LogP contribution in [0.3, 0.4) is 0 Å². The van der Waals surface area contributed by atoms with Gasteiger partial charge in [0, 0.05) is 0 Å². The van der Waals surface area contributed by atoms with Crippen LogP contribution in [0.2, 0.25) is 0 Å². The first-order chi connectivity index (χ1) is 12.8. The van der Waals surface area contributed by atoms with Crippen molar-refractivity contribution >= 4 is 0 Å². The van der Waals surface area contributed by atoms with E-state index in [1.165, 1.54) is 12.8 Å². The lowest BCUT2D eigenvalue weighted by atomic mass is 9.64. The summed E-state index contributed by atoms with van der Waals surface area (Å²) in [4.78, 5) is 0. The van der Waals surface area contributed by atoms with E-state index in [2.05, 4.69) is 96.9 Å². The molecular weight excluding hydrogens is 336 g/mol. The summed E-state index contributed by atoms with van der Waals surface area (Å²) in [5.41, 5.74) is 0. The zero-order valence-electron chi connectivity index (χ0n) is 22.3. The molecule has 0 radical (unpaired) electrons. The molecule has 0 N–H and O–H groups in total. The molecule has 0 amide bonds. The highest BCUT2D eigenvalue weighted by Gasteiger charge is 2.35.